The second-order valence-electron chi connectivity index (χ2n) is 2.49. The molecule has 5 heteroatoms. The van der Waals surface area contributed by atoms with E-state index < -0.39 is 0 Å². The van der Waals surface area contributed by atoms with Gasteiger partial charge in [0.25, 0.3) is 0 Å². The fourth-order valence-electron chi connectivity index (χ4n) is 1.02. The van der Waals surface area contributed by atoms with Crippen molar-refractivity contribution in [1.29, 1.82) is 0 Å². The van der Waals surface area contributed by atoms with Gasteiger partial charge < -0.3 is 5.11 Å². The molecule has 0 fully saturated rings. The molecule has 4 nitrogen and oxygen atoms in total. The Bertz CT molecular complexity index is 427. The highest BCUT2D eigenvalue weighted by Crippen LogP contribution is 2.17. The number of halogens is 1. The van der Waals surface area contributed by atoms with Crippen molar-refractivity contribution in [3.05, 3.63) is 35.6 Å². The van der Waals surface area contributed by atoms with Crippen molar-refractivity contribution in [1.82, 2.24) is 15.0 Å². The van der Waals surface area contributed by atoms with Crippen LogP contribution in [0.25, 0.3) is 5.69 Å². The third kappa shape index (κ3) is 1.48. The molecule has 2 rings (SSSR count). The number of benzene rings is 1. The molecular formula is C8H6ClN3O. The Morgan fingerprint density at radius 3 is 2.85 bits per heavy atom. The fraction of sp³-hybridized carbons (Fsp3) is 0. The number of phenols is 1. The van der Waals surface area contributed by atoms with Crippen LogP contribution in [0.3, 0.4) is 0 Å². The van der Waals surface area contributed by atoms with E-state index in [9.17, 15) is 5.11 Å². The molecule has 0 unspecified atom stereocenters. The van der Waals surface area contributed by atoms with E-state index in [-0.39, 0.29) is 5.75 Å². The van der Waals surface area contributed by atoms with Gasteiger partial charge in [-0.15, -0.1) is 5.10 Å². The van der Waals surface area contributed by atoms with Gasteiger partial charge in [-0.25, -0.2) is 4.68 Å². The summed E-state index contributed by atoms with van der Waals surface area (Å²) in [7, 11) is 0. The van der Waals surface area contributed by atoms with Gasteiger partial charge in [0, 0.05) is 6.07 Å². The number of rotatable bonds is 1. The van der Waals surface area contributed by atoms with E-state index in [0.29, 0.717) is 10.8 Å². The van der Waals surface area contributed by atoms with Gasteiger partial charge in [0.05, 0.1) is 11.9 Å². The zero-order valence-electron chi connectivity index (χ0n) is 6.55. The number of phenolic OH excluding ortho intramolecular Hbond substituents is 1. The van der Waals surface area contributed by atoms with Crippen LogP contribution in [0.4, 0.5) is 0 Å². The van der Waals surface area contributed by atoms with Gasteiger partial charge in [0.1, 0.15) is 5.75 Å². The number of nitrogens with zero attached hydrogens (tertiary/aromatic N) is 3. The van der Waals surface area contributed by atoms with E-state index in [2.05, 4.69) is 10.3 Å². The summed E-state index contributed by atoms with van der Waals surface area (Å²) < 4.78 is 1.43. The molecule has 0 saturated heterocycles. The molecule has 13 heavy (non-hydrogen) atoms. The van der Waals surface area contributed by atoms with Gasteiger partial charge in [0.15, 0.2) is 5.15 Å². The van der Waals surface area contributed by atoms with Crippen LogP contribution >= 0.6 is 11.6 Å². The molecule has 0 saturated carbocycles. The number of aromatic hydroxyl groups is 1. The topological polar surface area (TPSA) is 50.9 Å². The highest BCUT2D eigenvalue weighted by molar-refractivity contribution is 6.29. The van der Waals surface area contributed by atoms with Crippen LogP contribution in [0, 0.1) is 0 Å². The monoisotopic (exact) mass is 195 g/mol. The van der Waals surface area contributed by atoms with Crippen molar-refractivity contribution in [2.75, 3.05) is 0 Å². The molecule has 0 bridgehead atoms. The summed E-state index contributed by atoms with van der Waals surface area (Å²) in [5.41, 5.74) is 0.683. The van der Waals surface area contributed by atoms with Gasteiger partial charge in [-0.2, -0.15) is 0 Å². The average Bonchev–Trinajstić information content (AvgIpc) is 2.51. The van der Waals surface area contributed by atoms with Crippen LogP contribution in [0.1, 0.15) is 0 Å². The molecular weight excluding hydrogens is 190 g/mol. The normalized spacial score (nSPS) is 10.2. The largest absolute Gasteiger partial charge is 0.508 e. The van der Waals surface area contributed by atoms with E-state index in [1.54, 1.807) is 24.3 Å². The lowest BCUT2D eigenvalue weighted by molar-refractivity contribution is 0.474. The van der Waals surface area contributed by atoms with Gasteiger partial charge in [0.2, 0.25) is 0 Å². The van der Waals surface area contributed by atoms with Crippen LogP contribution in [-0.4, -0.2) is 20.1 Å². The SMILES string of the molecule is Oc1cccc(-n2nncc2Cl)c1. The minimum atomic E-state index is 0.170. The van der Waals surface area contributed by atoms with E-state index in [0.717, 1.165) is 0 Å². The first-order chi connectivity index (χ1) is 6.27. The number of hydrogen-bond donors (Lipinski definition) is 1. The molecule has 1 N–H and O–H groups in total. The molecule has 66 valence electrons. The first-order valence-electron chi connectivity index (χ1n) is 3.63. The summed E-state index contributed by atoms with van der Waals surface area (Å²) in [5.74, 6) is 0.170. The van der Waals surface area contributed by atoms with Crippen LogP contribution < -0.4 is 0 Å². The molecule has 0 aliphatic heterocycles. The third-order valence-corrected chi connectivity index (χ3v) is 1.84. The first kappa shape index (κ1) is 8.07. The smallest absolute Gasteiger partial charge is 0.153 e. The average molecular weight is 196 g/mol. The van der Waals surface area contributed by atoms with Crippen molar-refractivity contribution in [3.8, 4) is 11.4 Å². The summed E-state index contributed by atoms with van der Waals surface area (Å²) >= 11 is 5.78. The summed E-state index contributed by atoms with van der Waals surface area (Å²) in [6.07, 6.45) is 1.44. The molecule has 0 aliphatic rings. The molecule has 1 aromatic heterocycles. The summed E-state index contributed by atoms with van der Waals surface area (Å²) in [4.78, 5) is 0. The van der Waals surface area contributed by atoms with E-state index in [1.165, 1.54) is 10.9 Å². The van der Waals surface area contributed by atoms with Crippen LogP contribution in [0.5, 0.6) is 5.75 Å². The lowest BCUT2D eigenvalue weighted by Gasteiger charge is -2.00. The molecule has 0 spiro atoms. The quantitative estimate of drug-likeness (QED) is 0.753. The number of aromatic nitrogens is 3. The maximum absolute atomic E-state index is 9.20. The second-order valence-corrected chi connectivity index (χ2v) is 2.88. The molecule has 0 atom stereocenters. The Labute approximate surface area is 79.4 Å². The zero-order valence-corrected chi connectivity index (χ0v) is 7.31. The molecule has 1 heterocycles. The Balaban J connectivity index is 2.53. The summed E-state index contributed by atoms with van der Waals surface area (Å²) in [6, 6.07) is 6.62. The minimum Gasteiger partial charge on any atom is -0.508 e. The lowest BCUT2D eigenvalue weighted by Crippen LogP contribution is -1.95. The molecule has 0 aliphatic carbocycles. The van der Waals surface area contributed by atoms with Crippen molar-refractivity contribution in [2.24, 2.45) is 0 Å². The maximum Gasteiger partial charge on any atom is 0.153 e. The third-order valence-electron chi connectivity index (χ3n) is 1.58. The zero-order chi connectivity index (χ0) is 9.26. The van der Waals surface area contributed by atoms with Crippen LogP contribution in [0.15, 0.2) is 30.5 Å². The van der Waals surface area contributed by atoms with Crippen LogP contribution in [0.2, 0.25) is 5.15 Å². The minimum absolute atomic E-state index is 0.170. The predicted octanol–water partition coefficient (Wildman–Crippen LogP) is 1.63. The van der Waals surface area contributed by atoms with Crippen molar-refractivity contribution >= 4 is 11.6 Å². The van der Waals surface area contributed by atoms with Crippen molar-refractivity contribution in [2.45, 2.75) is 0 Å². The fourth-order valence-corrected chi connectivity index (χ4v) is 1.20. The molecule has 2 aromatic rings. The van der Waals surface area contributed by atoms with Gasteiger partial charge in [-0.3, -0.25) is 0 Å². The standard InChI is InChI=1S/C8H6ClN3O/c9-8-5-10-11-12(8)6-2-1-3-7(13)4-6/h1-5,13H. The predicted molar refractivity (Wildman–Crippen MR) is 48.0 cm³/mol. The Kier molecular flexibility index (Phi) is 1.90. The lowest BCUT2D eigenvalue weighted by atomic mass is 10.3. The first-order valence-corrected chi connectivity index (χ1v) is 4.01. The Morgan fingerprint density at radius 2 is 2.23 bits per heavy atom. The van der Waals surface area contributed by atoms with Crippen LogP contribution in [-0.2, 0) is 0 Å². The van der Waals surface area contributed by atoms with E-state index in [1.807, 2.05) is 0 Å². The number of hydrogen-bond acceptors (Lipinski definition) is 3. The molecule has 0 amide bonds. The molecule has 1 aromatic carbocycles. The Morgan fingerprint density at radius 1 is 1.38 bits per heavy atom. The van der Waals surface area contributed by atoms with Gasteiger partial charge in [-0.1, -0.05) is 22.9 Å². The Hall–Kier alpha value is -1.55. The maximum atomic E-state index is 9.20. The highest BCUT2D eigenvalue weighted by atomic mass is 35.5. The van der Waals surface area contributed by atoms with E-state index in [4.69, 9.17) is 11.6 Å². The van der Waals surface area contributed by atoms with Crippen molar-refractivity contribution in [3.63, 3.8) is 0 Å². The highest BCUT2D eigenvalue weighted by Gasteiger charge is 2.02. The van der Waals surface area contributed by atoms with Crippen molar-refractivity contribution < 1.29 is 5.11 Å². The van der Waals surface area contributed by atoms with Gasteiger partial charge in [-0.05, 0) is 12.1 Å². The van der Waals surface area contributed by atoms with Gasteiger partial charge >= 0.3 is 0 Å². The summed E-state index contributed by atoms with van der Waals surface area (Å²) in [5, 5.41) is 17.0. The second kappa shape index (κ2) is 3.06. The summed E-state index contributed by atoms with van der Waals surface area (Å²) in [6.45, 7) is 0. The molecule has 0 radical (unpaired) electrons. The van der Waals surface area contributed by atoms with E-state index >= 15 is 0 Å².